The minimum Gasteiger partial charge on any atom is -0.361 e. The Labute approximate surface area is 165 Å². The molecule has 0 aliphatic carbocycles. The van der Waals surface area contributed by atoms with Crippen LogP contribution in [0.4, 0.5) is 0 Å². The number of guanidine groups is 1. The van der Waals surface area contributed by atoms with Crippen molar-refractivity contribution < 1.29 is 4.52 Å². The van der Waals surface area contributed by atoms with Crippen molar-refractivity contribution in [2.45, 2.75) is 46.6 Å². The van der Waals surface area contributed by atoms with Crippen LogP contribution in [0.25, 0.3) is 0 Å². The number of nitrogens with one attached hydrogen (secondary N) is 2. The molecule has 0 amide bonds. The van der Waals surface area contributed by atoms with Gasteiger partial charge in [0.05, 0.1) is 5.69 Å². The van der Waals surface area contributed by atoms with Gasteiger partial charge in [0, 0.05) is 41.4 Å². The fourth-order valence-corrected chi connectivity index (χ4v) is 3.56. The molecule has 0 saturated carbocycles. The maximum atomic E-state index is 5.19. The zero-order valence-corrected chi connectivity index (χ0v) is 18.1. The van der Waals surface area contributed by atoms with Crippen LogP contribution in [0.2, 0.25) is 0 Å². The van der Waals surface area contributed by atoms with Crippen LogP contribution in [0, 0.1) is 20.8 Å². The molecule has 0 bridgehead atoms. The zero-order chi connectivity index (χ0) is 16.8. The smallest absolute Gasteiger partial charge is 0.191 e. The summed E-state index contributed by atoms with van der Waals surface area (Å²) in [7, 11) is 1.80. The summed E-state index contributed by atoms with van der Waals surface area (Å²) in [5, 5.41) is 10.8. The molecule has 134 valence electrons. The summed E-state index contributed by atoms with van der Waals surface area (Å²) in [4.78, 5) is 7.05. The highest BCUT2D eigenvalue weighted by atomic mass is 127. The minimum absolute atomic E-state index is 0. The first-order valence-corrected chi connectivity index (χ1v) is 8.75. The largest absolute Gasteiger partial charge is 0.361 e. The zero-order valence-electron chi connectivity index (χ0n) is 15.0. The quantitative estimate of drug-likeness (QED) is 0.391. The monoisotopic (exact) mass is 462 g/mol. The van der Waals surface area contributed by atoms with Crippen molar-refractivity contribution in [2.24, 2.45) is 4.99 Å². The van der Waals surface area contributed by atoms with Crippen LogP contribution in [0.1, 0.15) is 33.7 Å². The predicted molar refractivity (Wildman–Crippen MR) is 112 cm³/mol. The van der Waals surface area contributed by atoms with E-state index in [2.05, 4.69) is 46.8 Å². The first kappa shape index (κ1) is 21.0. The van der Waals surface area contributed by atoms with E-state index in [-0.39, 0.29) is 24.0 Å². The Morgan fingerprint density at radius 3 is 2.62 bits per heavy atom. The van der Waals surface area contributed by atoms with Gasteiger partial charge in [-0.1, -0.05) is 5.16 Å². The van der Waals surface area contributed by atoms with E-state index in [1.54, 1.807) is 7.05 Å². The van der Waals surface area contributed by atoms with E-state index in [1.165, 1.54) is 15.3 Å². The summed E-state index contributed by atoms with van der Waals surface area (Å²) in [6, 6.07) is 4.70. The third-order valence-electron chi connectivity index (χ3n) is 3.76. The van der Waals surface area contributed by atoms with E-state index in [9.17, 15) is 0 Å². The topological polar surface area (TPSA) is 62.5 Å². The predicted octanol–water partition coefficient (Wildman–Crippen LogP) is 3.62. The average Bonchev–Trinajstić information content (AvgIpc) is 3.05. The van der Waals surface area contributed by atoms with Gasteiger partial charge in [-0.2, -0.15) is 0 Å². The second kappa shape index (κ2) is 10.0. The SMILES string of the molecule is CN=C(NCCc1c(C)noc1C)NC(C)Cc1ccc(C)s1.I. The number of aromatic nitrogens is 1. The van der Waals surface area contributed by atoms with Gasteiger partial charge in [-0.05, 0) is 46.2 Å². The number of aliphatic imine (C=N–C) groups is 1. The lowest BCUT2D eigenvalue weighted by Gasteiger charge is -2.17. The summed E-state index contributed by atoms with van der Waals surface area (Å²) in [5.41, 5.74) is 2.14. The Morgan fingerprint density at radius 1 is 1.33 bits per heavy atom. The van der Waals surface area contributed by atoms with Crippen LogP contribution >= 0.6 is 35.3 Å². The highest BCUT2D eigenvalue weighted by molar-refractivity contribution is 14.0. The molecule has 1 unspecified atom stereocenters. The van der Waals surface area contributed by atoms with Crippen molar-refractivity contribution >= 4 is 41.3 Å². The maximum absolute atomic E-state index is 5.19. The molecule has 24 heavy (non-hydrogen) atoms. The number of nitrogens with zero attached hydrogens (tertiary/aromatic N) is 2. The van der Waals surface area contributed by atoms with Crippen LogP contribution in [-0.4, -0.2) is 30.8 Å². The molecule has 2 aromatic heterocycles. The van der Waals surface area contributed by atoms with Gasteiger partial charge in [0.25, 0.3) is 0 Å². The summed E-state index contributed by atoms with van der Waals surface area (Å²) in [6.45, 7) is 9.04. The van der Waals surface area contributed by atoms with Gasteiger partial charge in [-0.25, -0.2) is 0 Å². The van der Waals surface area contributed by atoms with Gasteiger partial charge in [-0.3, -0.25) is 4.99 Å². The van der Waals surface area contributed by atoms with E-state index < -0.39 is 0 Å². The second-order valence-corrected chi connectivity index (χ2v) is 7.19. The molecule has 0 radical (unpaired) electrons. The molecule has 2 aromatic rings. The molecule has 7 heteroatoms. The maximum Gasteiger partial charge on any atom is 0.191 e. The highest BCUT2D eigenvalue weighted by Gasteiger charge is 2.10. The summed E-state index contributed by atoms with van der Waals surface area (Å²) in [5.74, 6) is 1.73. The highest BCUT2D eigenvalue weighted by Crippen LogP contribution is 2.16. The molecule has 0 aromatic carbocycles. The number of halogens is 1. The normalized spacial score (nSPS) is 12.6. The van der Waals surface area contributed by atoms with Crippen molar-refractivity contribution in [1.82, 2.24) is 15.8 Å². The first-order chi connectivity index (χ1) is 11.0. The molecule has 0 aliphatic heterocycles. The third-order valence-corrected chi connectivity index (χ3v) is 4.78. The Bertz CT molecular complexity index is 646. The van der Waals surface area contributed by atoms with Gasteiger partial charge in [0.2, 0.25) is 0 Å². The average molecular weight is 462 g/mol. The van der Waals surface area contributed by atoms with E-state index in [0.717, 1.165) is 36.8 Å². The standard InChI is InChI=1S/C17H26N4OS.HI/c1-11(10-15-7-6-12(2)23-15)20-17(18-5)19-9-8-16-13(3)21-22-14(16)4;/h6-7,11H,8-10H2,1-5H3,(H2,18,19,20);1H. The van der Waals surface area contributed by atoms with Gasteiger partial charge in [0.1, 0.15) is 5.76 Å². The van der Waals surface area contributed by atoms with Crippen LogP contribution in [-0.2, 0) is 12.8 Å². The second-order valence-electron chi connectivity index (χ2n) is 5.81. The van der Waals surface area contributed by atoms with Gasteiger partial charge < -0.3 is 15.2 Å². The van der Waals surface area contributed by atoms with E-state index in [4.69, 9.17) is 4.52 Å². The van der Waals surface area contributed by atoms with Crippen molar-refractivity contribution in [3.8, 4) is 0 Å². The summed E-state index contributed by atoms with van der Waals surface area (Å²) >= 11 is 1.85. The van der Waals surface area contributed by atoms with Crippen molar-refractivity contribution in [2.75, 3.05) is 13.6 Å². The van der Waals surface area contributed by atoms with Crippen molar-refractivity contribution in [3.05, 3.63) is 38.9 Å². The third kappa shape index (κ3) is 6.08. The Morgan fingerprint density at radius 2 is 2.08 bits per heavy atom. The molecule has 2 N–H and O–H groups in total. The van der Waals surface area contributed by atoms with Gasteiger partial charge in [0.15, 0.2) is 5.96 Å². The van der Waals surface area contributed by atoms with Crippen LogP contribution in [0.3, 0.4) is 0 Å². The van der Waals surface area contributed by atoms with Crippen molar-refractivity contribution in [1.29, 1.82) is 0 Å². The molecular formula is C17H27IN4OS. The first-order valence-electron chi connectivity index (χ1n) is 7.93. The molecule has 2 rings (SSSR count). The fraction of sp³-hybridized carbons (Fsp3) is 0.529. The molecular weight excluding hydrogens is 435 g/mol. The summed E-state index contributed by atoms with van der Waals surface area (Å²) in [6.07, 6.45) is 1.88. The van der Waals surface area contributed by atoms with Crippen LogP contribution in [0.5, 0.6) is 0 Å². The molecule has 0 aliphatic rings. The van der Waals surface area contributed by atoms with Crippen LogP contribution < -0.4 is 10.6 Å². The number of aryl methyl sites for hydroxylation is 3. The lowest BCUT2D eigenvalue weighted by atomic mass is 10.1. The van der Waals surface area contributed by atoms with Gasteiger partial charge >= 0.3 is 0 Å². The van der Waals surface area contributed by atoms with E-state index in [1.807, 2.05) is 25.2 Å². The lowest BCUT2D eigenvalue weighted by molar-refractivity contribution is 0.392. The molecule has 0 fully saturated rings. The number of hydrogen-bond donors (Lipinski definition) is 2. The van der Waals surface area contributed by atoms with Crippen LogP contribution in [0.15, 0.2) is 21.6 Å². The minimum atomic E-state index is 0. The fourth-order valence-electron chi connectivity index (χ4n) is 2.54. The Balaban J connectivity index is 0.00000288. The molecule has 0 saturated heterocycles. The number of thiophene rings is 1. The molecule has 0 spiro atoms. The lowest BCUT2D eigenvalue weighted by Crippen LogP contribution is -2.43. The molecule has 5 nitrogen and oxygen atoms in total. The van der Waals surface area contributed by atoms with Crippen molar-refractivity contribution in [3.63, 3.8) is 0 Å². The molecule has 2 heterocycles. The Kier molecular flexibility index (Phi) is 8.75. The Hall–Kier alpha value is -1.09. The number of hydrogen-bond acceptors (Lipinski definition) is 4. The van der Waals surface area contributed by atoms with Gasteiger partial charge in [-0.15, -0.1) is 35.3 Å². The molecule has 1 atom stereocenters. The summed E-state index contributed by atoms with van der Waals surface area (Å²) < 4.78 is 5.19. The van der Waals surface area contributed by atoms with E-state index in [0.29, 0.717) is 6.04 Å². The van der Waals surface area contributed by atoms with E-state index >= 15 is 0 Å². The number of rotatable bonds is 6.